The number of rotatable bonds is 5. The number of anilines is 3. The van der Waals surface area contributed by atoms with Gasteiger partial charge in [0.2, 0.25) is 5.95 Å². The molecule has 160 valence electrons. The maximum atomic E-state index is 5.67. The van der Waals surface area contributed by atoms with Gasteiger partial charge in [0.05, 0.1) is 6.10 Å². The van der Waals surface area contributed by atoms with Crippen LogP contribution >= 0.6 is 12.2 Å². The van der Waals surface area contributed by atoms with Crippen LogP contribution in [0.15, 0.2) is 6.07 Å². The van der Waals surface area contributed by atoms with Crippen LogP contribution in [0.25, 0.3) is 0 Å². The van der Waals surface area contributed by atoms with Gasteiger partial charge in [0.25, 0.3) is 0 Å². The summed E-state index contributed by atoms with van der Waals surface area (Å²) < 4.78 is 5.67. The van der Waals surface area contributed by atoms with Gasteiger partial charge in [-0.2, -0.15) is 9.97 Å². The van der Waals surface area contributed by atoms with Gasteiger partial charge in [0, 0.05) is 45.4 Å². The lowest BCUT2D eigenvalue weighted by Crippen LogP contribution is -2.37. The van der Waals surface area contributed by atoms with Gasteiger partial charge in [-0.25, -0.2) is 0 Å². The van der Waals surface area contributed by atoms with Crippen molar-refractivity contribution in [3.63, 3.8) is 0 Å². The number of aromatic nitrogens is 2. The highest BCUT2D eigenvalue weighted by molar-refractivity contribution is 7.80. The second-order valence-electron chi connectivity index (χ2n) is 8.62. The van der Waals surface area contributed by atoms with E-state index < -0.39 is 0 Å². The zero-order chi connectivity index (χ0) is 20.1. The van der Waals surface area contributed by atoms with Crippen LogP contribution in [-0.4, -0.2) is 60.5 Å². The van der Waals surface area contributed by atoms with Crippen molar-refractivity contribution in [3.05, 3.63) is 6.07 Å². The van der Waals surface area contributed by atoms with Crippen molar-refractivity contribution in [1.29, 1.82) is 0 Å². The molecule has 1 aromatic rings. The molecule has 3 aliphatic rings. The van der Waals surface area contributed by atoms with Gasteiger partial charge in [-0.1, -0.05) is 6.92 Å². The Balaban J connectivity index is 1.48. The molecule has 29 heavy (non-hydrogen) atoms. The molecule has 3 aliphatic heterocycles. The third kappa shape index (κ3) is 5.69. The van der Waals surface area contributed by atoms with Crippen LogP contribution in [0, 0.1) is 5.92 Å². The Labute approximate surface area is 179 Å². The summed E-state index contributed by atoms with van der Waals surface area (Å²) in [5.74, 6) is 3.31. The Morgan fingerprint density at radius 2 is 1.83 bits per heavy atom. The van der Waals surface area contributed by atoms with Crippen LogP contribution in [0.3, 0.4) is 0 Å². The van der Waals surface area contributed by atoms with Crippen LogP contribution in [0.5, 0.6) is 0 Å². The molecule has 0 radical (unpaired) electrons. The number of piperidine rings is 2. The van der Waals surface area contributed by atoms with E-state index in [2.05, 4.69) is 33.4 Å². The zero-order valence-electron chi connectivity index (χ0n) is 17.5. The fourth-order valence-electron chi connectivity index (χ4n) is 4.48. The van der Waals surface area contributed by atoms with Gasteiger partial charge < -0.3 is 25.2 Å². The largest absolute Gasteiger partial charge is 0.376 e. The summed E-state index contributed by atoms with van der Waals surface area (Å²) in [5, 5.41) is 7.06. The van der Waals surface area contributed by atoms with E-state index in [1.54, 1.807) is 0 Å². The molecule has 2 atom stereocenters. The molecule has 0 bridgehead atoms. The van der Waals surface area contributed by atoms with Crippen LogP contribution in [-0.2, 0) is 4.74 Å². The summed E-state index contributed by atoms with van der Waals surface area (Å²) in [6, 6.07) is 2.16. The van der Waals surface area contributed by atoms with E-state index in [-0.39, 0.29) is 6.10 Å². The molecule has 3 fully saturated rings. The Kier molecular flexibility index (Phi) is 7.02. The van der Waals surface area contributed by atoms with Gasteiger partial charge in [0.15, 0.2) is 5.11 Å². The predicted molar refractivity (Wildman–Crippen MR) is 122 cm³/mol. The monoisotopic (exact) mass is 418 g/mol. The van der Waals surface area contributed by atoms with Gasteiger partial charge in [-0.05, 0) is 63.1 Å². The third-order valence-electron chi connectivity index (χ3n) is 6.10. The van der Waals surface area contributed by atoms with Gasteiger partial charge >= 0.3 is 0 Å². The highest BCUT2D eigenvalue weighted by Gasteiger charge is 2.22. The lowest BCUT2D eigenvalue weighted by atomic mass is 10.0. The van der Waals surface area contributed by atoms with Crippen LogP contribution in [0.1, 0.15) is 51.9 Å². The van der Waals surface area contributed by atoms with Crippen molar-refractivity contribution in [1.82, 2.24) is 15.3 Å². The molecular formula is C21H34N6OS. The van der Waals surface area contributed by atoms with E-state index in [9.17, 15) is 0 Å². The minimum Gasteiger partial charge on any atom is -0.376 e. The van der Waals surface area contributed by atoms with Gasteiger partial charge in [-0.3, -0.25) is 0 Å². The van der Waals surface area contributed by atoms with Gasteiger partial charge in [-0.15, -0.1) is 0 Å². The molecule has 0 saturated carbocycles. The normalized spacial score (nSPS) is 25.1. The highest BCUT2D eigenvalue weighted by atomic mass is 32.1. The van der Waals surface area contributed by atoms with Crippen LogP contribution in [0.4, 0.5) is 17.6 Å². The van der Waals surface area contributed by atoms with E-state index in [0.29, 0.717) is 17.0 Å². The first-order valence-corrected chi connectivity index (χ1v) is 11.6. The number of hydrogen-bond acceptors (Lipinski definition) is 6. The molecule has 0 unspecified atom stereocenters. The summed E-state index contributed by atoms with van der Waals surface area (Å²) in [4.78, 5) is 14.4. The van der Waals surface area contributed by atoms with E-state index in [1.165, 1.54) is 32.1 Å². The molecule has 7 nitrogen and oxygen atoms in total. The van der Waals surface area contributed by atoms with E-state index in [0.717, 1.165) is 63.8 Å². The highest BCUT2D eigenvalue weighted by Crippen LogP contribution is 2.27. The Morgan fingerprint density at radius 1 is 1.07 bits per heavy atom. The fourth-order valence-corrected chi connectivity index (χ4v) is 4.65. The molecule has 4 rings (SSSR count). The summed E-state index contributed by atoms with van der Waals surface area (Å²) in [7, 11) is 0. The lowest BCUT2D eigenvalue weighted by Gasteiger charge is -2.33. The molecule has 0 aromatic carbocycles. The van der Waals surface area contributed by atoms with Crippen molar-refractivity contribution in [2.75, 3.05) is 54.4 Å². The molecular weight excluding hydrogens is 384 g/mol. The van der Waals surface area contributed by atoms with E-state index in [1.807, 2.05) is 0 Å². The first-order valence-electron chi connectivity index (χ1n) is 11.2. The summed E-state index contributed by atoms with van der Waals surface area (Å²) in [6.45, 7) is 8.14. The average Bonchev–Trinajstić information content (AvgIpc) is 3.26. The zero-order valence-corrected chi connectivity index (χ0v) is 18.3. The number of nitrogens with zero attached hydrogens (tertiary/aromatic N) is 4. The quantitative estimate of drug-likeness (QED) is 0.707. The molecule has 1 aromatic heterocycles. The average molecular weight is 419 g/mol. The summed E-state index contributed by atoms with van der Waals surface area (Å²) in [6.07, 6.45) is 8.74. The molecule has 3 saturated heterocycles. The molecule has 0 spiro atoms. The fraction of sp³-hybridized carbons (Fsp3) is 0.762. The first-order chi connectivity index (χ1) is 14.2. The number of thiocarbonyl (C=S) groups is 1. The first kappa shape index (κ1) is 20.6. The van der Waals surface area contributed by atoms with Crippen molar-refractivity contribution < 1.29 is 4.74 Å². The van der Waals surface area contributed by atoms with Crippen molar-refractivity contribution in [3.8, 4) is 0 Å². The van der Waals surface area contributed by atoms with Crippen LogP contribution in [0.2, 0.25) is 0 Å². The van der Waals surface area contributed by atoms with Crippen molar-refractivity contribution >= 4 is 34.9 Å². The second-order valence-corrected chi connectivity index (χ2v) is 9.03. The lowest BCUT2D eigenvalue weighted by molar-refractivity contribution is 0.114. The second kappa shape index (κ2) is 9.89. The smallest absolute Gasteiger partial charge is 0.232 e. The number of hydrogen-bond donors (Lipinski definition) is 2. The Bertz CT molecular complexity index is 690. The predicted octanol–water partition coefficient (Wildman–Crippen LogP) is 3.17. The topological polar surface area (TPSA) is 65.5 Å². The van der Waals surface area contributed by atoms with E-state index >= 15 is 0 Å². The minimum atomic E-state index is 0.251. The Morgan fingerprint density at radius 3 is 2.55 bits per heavy atom. The SMILES string of the molecule is C[C@H]1CCCN(c2cc(N3CCCCC3)nc(NC(=S)NC[C@H]3CCCO3)n2)C1. The van der Waals surface area contributed by atoms with Crippen LogP contribution < -0.4 is 20.4 Å². The van der Waals surface area contributed by atoms with Gasteiger partial charge in [0.1, 0.15) is 11.6 Å². The van der Waals surface area contributed by atoms with Crippen molar-refractivity contribution in [2.45, 2.75) is 58.0 Å². The van der Waals surface area contributed by atoms with Crippen molar-refractivity contribution in [2.24, 2.45) is 5.92 Å². The molecule has 4 heterocycles. The summed E-state index contributed by atoms with van der Waals surface area (Å²) in [5.41, 5.74) is 0. The maximum Gasteiger partial charge on any atom is 0.232 e. The molecule has 2 N–H and O–H groups in total. The standard InChI is InChI=1S/C21H34N6OS/c1-16-7-5-11-27(15-16)19-13-18(26-9-3-2-4-10-26)23-20(24-19)25-21(29)22-14-17-8-6-12-28-17/h13,16-17H,2-12,14-15H2,1H3,(H2,22,23,24,25,29)/t16-,17+/m0/s1. The molecule has 0 aliphatic carbocycles. The Hall–Kier alpha value is -1.67. The maximum absolute atomic E-state index is 5.67. The third-order valence-corrected chi connectivity index (χ3v) is 6.35. The number of nitrogens with one attached hydrogen (secondary N) is 2. The van der Waals surface area contributed by atoms with E-state index in [4.69, 9.17) is 26.9 Å². The minimum absolute atomic E-state index is 0.251. The molecule has 0 amide bonds. The number of ether oxygens (including phenoxy) is 1. The molecule has 8 heteroatoms. The summed E-state index contributed by atoms with van der Waals surface area (Å²) >= 11 is 5.50.